The Labute approximate surface area is 208 Å². The molecule has 0 saturated carbocycles. The molecule has 0 unspecified atom stereocenters. The molecule has 4 aromatic rings. The van der Waals surface area contributed by atoms with Crippen molar-refractivity contribution >= 4 is 35.0 Å². The summed E-state index contributed by atoms with van der Waals surface area (Å²) in [6.07, 6.45) is 0. The van der Waals surface area contributed by atoms with Crippen molar-refractivity contribution in [1.29, 1.82) is 0 Å². The minimum Gasteiger partial charge on any atom is -0.484 e. The average molecular weight is 493 g/mol. The van der Waals surface area contributed by atoms with Crippen molar-refractivity contribution in [1.82, 2.24) is 14.8 Å². The molecule has 0 aliphatic carbocycles. The van der Waals surface area contributed by atoms with Gasteiger partial charge in [-0.1, -0.05) is 78.0 Å². The normalized spacial score (nSPS) is 11.8. The van der Waals surface area contributed by atoms with Crippen LogP contribution in [0.3, 0.4) is 0 Å². The summed E-state index contributed by atoms with van der Waals surface area (Å²) in [5, 5.41) is 12.3. The molecular formula is C26H25ClN4O2S. The van der Waals surface area contributed by atoms with E-state index in [4.69, 9.17) is 16.3 Å². The van der Waals surface area contributed by atoms with E-state index in [-0.39, 0.29) is 12.5 Å². The zero-order valence-electron chi connectivity index (χ0n) is 19.2. The van der Waals surface area contributed by atoms with E-state index in [2.05, 4.69) is 15.5 Å². The number of hydrogen-bond donors (Lipinski definition) is 1. The Morgan fingerprint density at radius 2 is 1.79 bits per heavy atom. The maximum Gasteiger partial charge on any atom is 0.242 e. The lowest BCUT2D eigenvalue weighted by Gasteiger charge is -2.18. The van der Waals surface area contributed by atoms with Gasteiger partial charge in [0, 0.05) is 12.7 Å². The first-order valence-electron chi connectivity index (χ1n) is 10.8. The molecule has 0 spiro atoms. The molecule has 1 heterocycles. The van der Waals surface area contributed by atoms with Crippen LogP contribution in [0.1, 0.15) is 27.8 Å². The highest BCUT2D eigenvalue weighted by atomic mass is 35.5. The maximum absolute atomic E-state index is 13.4. The van der Waals surface area contributed by atoms with Gasteiger partial charge < -0.3 is 14.6 Å². The predicted octanol–water partition coefficient (Wildman–Crippen LogP) is 6.14. The summed E-state index contributed by atoms with van der Waals surface area (Å²) >= 11 is 7.53. The van der Waals surface area contributed by atoms with E-state index in [0.717, 1.165) is 22.4 Å². The fourth-order valence-electron chi connectivity index (χ4n) is 3.35. The number of aryl methyl sites for hydroxylation is 2. The lowest BCUT2D eigenvalue weighted by atomic mass is 10.1. The minimum absolute atomic E-state index is 0.123. The highest BCUT2D eigenvalue weighted by Crippen LogP contribution is 2.36. The van der Waals surface area contributed by atoms with Gasteiger partial charge in [0.25, 0.3) is 0 Å². The lowest BCUT2D eigenvalue weighted by molar-refractivity contribution is -0.115. The van der Waals surface area contributed by atoms with Crippen LogP contribution in [0, 0.1) is 13.8 Å². The first kappa shape index (κ1) is 23.9. The molecule has 1 amide bonds. The predicted molar refractivity (Wildman–Crippen MR) is 136 cm³/mol. The van der Waals surface area contributed by atoms with Crippen molar-refractivity contribution in [3.8, 4) is 5.75 Å². The van der Waals surface area contributed by atoms with Crippen LogP contribution < -0.4 is 10.1 Å². The maximum atomic E-state index is 13.4. The van der Waals surface area contributed by atoms with Crippen LogP contribution in [0.5, 0.6) is 5.75 Å². The first-order valence-corrected chi connectivity index (χ1v) is 12.0. The number of carbonyl (C=O) groups is 1. The number of nitrogens with one attached hydrogen (secondary N) is 1. The van der Waals surface area contributed by atoms with Gasteiger partial charge in [-0.15, -0.1) is 10.2 Å². The molecule has 4 rings (SSSR count). The van der Waals surface area contributed by atoms with Crippen molar-refractivity contribution in [2.75, 3.05) is 5.32 Å². The van der Waals surface area contributed by atoms with Gasteiger partial charge in [-0.25, -0.2) is 0 Å². The molecule has 1 aromatic heterocycles. The summed E-state index contributed by atoms with van der Waals surface area (Å²) in [7, 11) is 1.86. The van der Waals surface area contributed by atoms with Crippen LogP contribution >= 0.6 is 23.4 Å². The number of rotatable bonds is 8. The number of nitrogens with zero attached hydrogens (tertiary/aromatic N) is 3. The van der Waals surface area contributed by atoms with Crippen LogP contribution in [0.25, 0.3) is 0 Å². The molecule has 0 bridgehead atoms. The van der Waals surface area contributed by atoms with E-state index in [9.17, 15) is 4.79 Å². The van der Waals surface area contributed by atoms with Crippen molar-refractivity contribution < 1.29 is 9.53 Å². The second-order valence-corrected chi connectivity index (χ2v) is 9.37. The number of benzene rings is 3. The largest absolute Gasteiger partial charge is 0.484 e. The summed E-state index contributed by atoms with van der Waals surface area (Å²) in [6, 6.07) is 23.0. The number of halogens is 1. The molecule has 174 valence electrons. The molecule has 6 nitrogen and oxygen atoms in total. The molecule has 0 aliphatic rings. The average Bonchev–Trinajstić information content (AvgIpc) is 3.18. The summed E-state index contributed by atoms with van der Waals surface area (Å²) in [6.45, 7) is 4.19. The van der Waals surface area contributed by atoms with Crippen molar-refractivity contribution in [3.05, 3.63) is 100 Å². The van der Waals surface area contributed by atoms with E-state index in [1.807, 2.05) is 86.1 Å². The molecule has 0 saturated heterocycles. The van der Waals surface area contributed by atoms with Crippen LogP contribution in [-0.2, 0) is 18.4 Å². The molecule has 1 N–H and O–H groups in total. The van der Waals surface area contributed by atoms with Crippen LogP contribution in [-0.4, -0.2) is 20.7 Å². The second-order valence-electron chi connectivity index (χ2n) is 7.89. The summed E-state index contributed by atoms with van der Waals surface area (Å²) < 4.78 is 7.65. The Hall–Kier alpha value is -3.29. The highest BCUT2D eigenvalue weighted by Gasteiger charge is 2.25. The Balaban J connectivity index is 1.55. The standard InChI is InChI=1S/C26H25ClN4O2S/c1-17-13-14-18(2)21(15-17)28-25(32)24(19-9-5-4-6-10-19)34-26-30-29-23(31(26)3)16-33-22-12-8-7-11-20(22)27/h4-15,24H,16H2,1-3H3,(H,28,32)/t24-/m1/s1. The first-order chi connectivity index (χ1) is 16.4. The molecule has 34 heavy (non-hydrogen) atoms. The van der Waals surface area contributed by atoms with E-state index in [0.29, 0.717) is 21.8 Å². The highest BCUT2D eigenvalue weighted by molar-refractivity contribution is 8.00. The molecule has 0 fully saturated rings. The van der Waals surface area contributed by atoms with Gasteiger partial charge >= 0.3 is 0 Å². The second kappa shape index (κ2) is 10.8. The number of para-hydroxylation sites is 1. The quantitative estimate of drug-likeness (QED) is 0.299. The van der Waals surface area contributed by atoms with Crippen LogP contribution in [0.4, 0.5) is 5.69 Å². The number of amides is 1. The summed E-state index contributed by atoms with van der Waals surface area (Å²) in [5.41, 5.74) is 3.78. The number of anilines is 1. The molecular weight excluding hydrogens is 468 g/mol. The van der Waals surface area contributed by atoms with Gasteiger partial charge in [0.05, 0.1) is 5.02 Å². The Morgan fingerprint density at radius 3 is 2.56 bits per heavy atom. The third-order valence-electron chi connectivity index (χ3n) is 5.33. The van der Waals surface area contributed by atoms with Gasteiger partial charge in [0.2, 0.25) is 5.91 Å². The van der Waals surface area contributed by atoms with Crippen molar-refractivity contribution in [2.45, 2.75) is 30.9 Å². The van der Waals surface area contributed by atoms with Crippen LogP contribution in [0.15, 0.2) is 78.0 Å². The lowest BCUT2D eigenvalue weighted by Crippen LogP contribution is -2.20. The monoisotopic (exact) mass is 492 g/mol. The van der Waals surface area contributed by atoms with Gasteiger partial charge in [-0.3, -0.25) is 4.79 Å². The fraction of sp³-hybridized carbons (Fsp3) is 0.192. The SMILES string of the molecule is Cc1ccc(C)c(NC(=O)[C@H](Sc2nnc(COc3ccccc3Cl)n2C)c2ccccc2)c1. The van der Waals surface area contributed by atoms with Crippen molar-refractivity contribution in [2.24, 2.45) is 7.05 Å². The van der Waals surface area contributed by atoms with Gasteiger partial charge in [-0.05, 0) is 48.7 Å². The topological polar surface area (TPSA) is 69.0 Å². The van der Waals surface area contributed by atoms with E-state index in [1.54, 1.807) is 12.1 Å². The van der Waals surface area contributed by atoms with E-state index in [1.165, 1.54) is 11.8 Å². The number of hydrogen-bond acceptors (Lipinski definition) is 5. The number of carbonyl (C=O) groups excluding carboxylic acids is 1. The zero-order chi connectivity index (χ0) is 24.1. The molecule has 1 atom stereocenters. The third-order valence-corrected chi connectivity index (χ3v) is 6.93. The van der Waals surface area contributed by atoms with Gasteiger partial charge in [-0.2, -0.15) is 0 Å². The number of thioether (sulfide) groups is 1. The van der Waals surface area contributed by atoms with E-state index >= 15 is 0 Å². The smallest absolute Gasteiger partial charge is 0.242 e. The molecule has 3 aromatic carbocycles. The molecule has 8 heteroatoms. The zero-order valence-corrected chi connectivity index (χ0v) is 20.7. The third kappa shape index (κ3) is 5.61. The number of ether oxygens (including phenoxy) is 1. The molecule has 0 aliphatic heterocycles. The summed E-state index contributed by atoms with van der Waals surface area (Å²) in [5.74, 6) is 1.09. The minimum atomic E-state index is -0.513. The molecule has 0 radical (unpaired) electrons. The summed E-state index contributed by atoms with van der Waals surface area (Å²) in [4.78, 5) is 13.4. The Kier molecular flexibility index (Phi) is 7.55. The number of aromatic nitrogens is 3. The van der Waals surface area contributed by atoms with Crippen molar-refractivity contribution in [3.63, 3.8) is 0 Å². The fourth-order valence-corrected chi connectivity index (χ4v) is 4.56. The van der Waals surface area contributed by atoms with Gasteiger partial charge in [0.1, 0.15) is 17.6 Å². The van der Waals surface area contributed by atoms with E-state index < -0.39 is 5.25 Å². The van der Waals surface area contributed by atoms with Gasteiger partial charge in [0.15, 0.2) is 11.0 Å². The van der Waals surface area contributed by atoms with Crippen LogP contribution in [0.2, 0.25) is 5.02 Å². The Morgan fingerprint density at radius 1 is 1.06 bits per heavy atom. The Bertz CT molecular complexity index is 1290.